The molecule has 5 aliphatic rings. The number of carbonyl (C=O) groups excluding carboxylic acids is 3. The SMILES string of the molecule is CC(=O)O[C@H]1CC[C@]2(C)[C@@H]3CC[C@@]4(C)[C@@H](C[C@@H]5CCCC[C@]54C(C)=O)[C@H]3CC(=O)[C@@]2(O)C1. The van der Waals surface area contributed by atoms with Crippen molar-refractivity contribution in [1.29, 1.82) is 0 Å². The predicted molar refractivity (Wildman–Crippen MR) is 120 cm³/mol. The van der Waals surface area contributed by atoms with Gasteiger partial charge in [0, 0.05) is 30.6 Å². The Bertz CT molecular complexity index is 851. The summed E-state index contributed by atoms with van der Waals surface area (Å²) in [5, 5.41) is 11.8. The van der Waals surface area contributed by atoms with Crippen LogP contribution in [-0.4, -0.2) is 34.3 Å². The summed E-state index contributed by atoms with van der Waals surface area (Å²) in [5.74, 6) is 1.33. The maximum absolute atomic E-state index is 13.6. The van der Waals surface area contributed by atoms with Gasteiger partial charge in [-0.25, -0.2) is 0 Å². The summed E-state index contributed by atoms with van der Waals surface area (Å²) < 4.78 is 5.44. The molecule has 0 unspecified atom stereocenters. The van der Waals surface area contributed by atoms with Crippen molar-refractivity contribution in [3.05, 3.63) is 0 Å². The second-order valence-electron chi connectivity index (χ2n) is 12.4. The molecule has 0 saturated heterocycles. The molecule has 0 aromatic carbocycles. The van der Waals surface area contributed by atoms with E-state index in [0.717, 1.165) is 38.5 Å². The highest BCUT2D eigenvalue weighted by atomic mass is 16.5. The fourth-order valence-electron chi connectivity index (χ4n) is 10.1. The third-order valence-electron chi connectivity index (χ3n) is 11.6. The molecule has 0 heterocycles. The molecule has 5 heteroatoms. The van der Waals surface area contributed by atoms with Crippen molar-refractivity contribution in [2.24, 2.45) is 39.9 Å². The smallest absolute Gasteiger partial charge is 0.302 e. The molecule has 5 nitrogen and oxygen atoms in total. The molecule has 9 atom stereocenters. The fraction of sp³-hybridized carbons (Fsp3) is 0.889. The number of rotatable bonds is 2. The lowest BCUT2D eigenvalue weighted by Crippen LogP contribution is -2.67. The van der Waals surface area contributed by atoms with Gasteiger partial charge in [-0.15, -0.1) is 0 Å². The summed E-state index contributed by atoms with van der Waals surface area (Å²) >= 11 is 0. The van der Waals surface area contributed by atoms with Crippen LogP contribution < -0.4 is 0 Å². The van der Waals surface area contributed by atoms with Crippen molar-refractivity contribution < 1.29 is 24.2 Å². The molecule has 5 rings (SSSR count). The summed E-state index contributed by atoms with van der Waals surface area (Å²) in [6.45, 7) is 7.70. The van der Waals surface area contributed by atoms with Crippen LogP contribution in [0.4, 0.5) is 0 Å². The van der Waals surface area contributed by atoms with E-state index in [1.54, 1.807) is 0 Å². The normalized spacial score (nSPS) is 52.3. The van der Waals surface area contributed by atoms with E-state index >= 15 is 0 Å². The highest BCUT2D eigenvalue weighted by Gasteiger charge is 2.72. The van der Waals surface area contributed by atoms with E-state index in [-0.39, 0.29) is 46.9 Å². The van der Waals surface area contributed by atoms with E-state index < -0.39 is 11.0 Å². The Hall–Kier alpha value is -1.23. The van der Waals surface area contributed by atoms with Gasteiger partial charge < -0.3 is 9.84 Å². The quantitative estimate of drug-likeness (QED) is 0.628. The first kappa shape index (κ1) is 22.6. The topological polar surface area (TPSA) is 80.7 Å². The summed E-state index contributed by atoms with van der Waals surface area (Å²) in [5.41, 5.74) is -2.15. The number of ketones is 2. The number of esters is 1. The third-order valence-corrected chi connectivity index (χ3v) is 11.6. The molecule has 0 amide bonds. The molecule has 0 aromatic heterocycles. The molecule has 0 bridgehead atoms. The van der Waals surface area contributed by atoms with E-state index in [0.29, 0.717) is 36.9 Å². The number of hydrogen-bond acceptors (Lipinski definition) is 5. The third kappa shape index (κ3) is 2.63. The van der Waals surface area contributed by atoms with Gasteiger partial charge in [0.2, 0.25) is 0 Å². The van der Waals surface area contributed by atoms with Gasteiger partial charge in [0.05, 0.1) is 0 Å². The average molecular weight is 445 g/mol. The zero-order chi connectivity index (χ0) is 23.1. The summed E-state index contributed by atoms with van der Waals surface area (Å²) in [6.07, 6.45) is 9.23. The summed E-state index contributed by atoms with van der Waals surface area (Å²) in [4.78, 5) is 38.3. The van der Waals surface area contributed by atoms with Gasteiger partial charge in [0.1, 0.15) is 17.5 Å². The van der Waals surface area contributed by atoms with Crippen molar-refractivity contribution in [2.75, 3.05) is 0 Å². The molecule has 1 N–H and O–H groups in total. The first-order chi connectivity index (χ1) is 15.0. The fourth-order valence-corrected chi connectivity index (χ4v) is 10.1. The highest BCUT2D eigenvalue weighted by Crippen LogP contribution is 2.74. The van der Waals surface area contributed by atoms with Crippen molar-refractivity contribution in [3.63, 3.8) is 0 Å². The molecule has 0 aromatic rings. The molecular formula is C27H40O5. The Morgan fingerprint density at radius 2 is 1.69 bits per heavy atom. The van der Waals surface area contributed by atoms with Crippen molar-refractivity contribution >= 4 is 17.5 Å². The number of ether oxygens (including phenoxy) is 1. The molecule has 5 saturated carbocycles. The van der Waals surface area contributed by atoms with Crippen molar-refractivity contribution in [3.8, 4) is 0 Å². The number of fused-ring (bicyclic) bond motifs is 7. The maximum Gasteiger partial charge on any atom is 0.302 e. The van der Waals surface area contributed by atoms with Crippen LogP contribution in [0.5, 0.6) is 0 Å². The minimum Gasteiger partial charge on any atom is -0.462 e. The van der Waals surface area contributed by atoms with Gasteiger partial charge in [-0.05, 0) is 81.0 Å². The Morgan fingerprint density at radius 1 is 0.969 bits per heavy atom. The highest BCUT2D eigenvalue weighted by molar-refractivity contribution is 5.90. The molecule has 32 heavy (non-hydrogen) atoms. The van der Waals surface area contributed by atoms with Gasteiger partial charge in [0.15, 0.2) is 5.78 Å². The maximum atomic E-state index is 13.6. The summed E-state index contributed by atoms with van der Waals surface area (Å²) in [6, 6.07) is 0. The first-order valence-corrected chi connectivity index (χ1v) is 12.9. The summed E-state index contributed by atoms with van der Waals surface area (Å²) in [7, 11) is 0. The van der Waals surface area contributed by atoms with Crippen LogP contribution in [0.25, 0.3) is 0 Å². The van der Waals surface area contributed by atoms with Gasteiger partial charge >= 0.3 is 5.97 Å². The molecule has 5 aliphatic carbocycles. The lowest BCUT2D eigenvalue weighted by Gasteiger charge is -2.64. The molecule has 5 fully saturated rings. The zero-order valence-corrected chi connectivity index (χ0v) is 20.2. The van der Waals surface area contributed by atoms with Crippen LogP contribution in [-0.2, 0) is 19.1 Å². The Morgan fingerprint density at radius 3 is 2.38 bits per heavy atom. The second kappa shape index (κ2) is 7.13. The molecule has 0 spiro atoms. The van der Waals surface area contributed by atoms with E-state index in [2.05, 4.69) is 13.8 Å². The Balaban J connectivity index is 1.50. The largest absolute Gasteiger partial charge is 0.462 e. The van der Waals surface area contributed by atoms with Gasteiger partial charge in [0.25, 0.3) is 0 Å². The minimum atomic E-state index is -1.41. The van der Waals surface area contributed by atoms with E-state index in [1.165, 1.54) is 13.3 Å². The number of Topliss-reactive ketones (excluding diaryl/α,β-unsaturated/α-hetero) is 2. The molecule has 178 valence electrons. The zero-order valence-electron chi connectivity index (χ0n) is 20.2. The standard InChI is InChI=1S/C27H40O5/c1-16(28)26-10-6-5-7-18(26)13-22-20-14-23(30)27(31)15-19(32-17(2)29)8-11-25(27,4)21(20)9-12-24(22,26)3/h18-22,31H,5-15H2,1-4H3/t18-,19-,20-,21+,22-,24-,25+,26-,27-/m0/s1. The predicted octanol–water partition coefficient (Wildman–Crippen LogP) is 4.63. The van der Waals surface area contributed by atoms with Crippen molar-refractivity contribution in [2.45, 2.75) is 110 Å². The van der Waals surface area contributed by atoms with Gasteiger partial charge in [-0.2, -0.15) is 0 Å². The minimum absolute atomic E-state index is 0.0356. The van der Waals surface area contributed by atoms with Crippen LogP contribution >= 0.6 is 0 Å². The van der Waals surface area contributed by atoms with E-state index in [9.17, 15) is 19.5 Å². The van der Waals surface area contributed by atoms with Crippen LogP contribution in [0.3, 0.4) is 0 Å². The number of hydrogen-bond donors (Lipinski definition) is 1. The number of carbonyl (C=O) groups is 3. The van der Waals surface area contributed by atoms with Gasteiger partial charge in [-0.1, -0.05) is 26.7 Å². The average Bonchev–Trinajstić information content (AvgIpc) is 3.00. The lowest BCUT2D eigenvalue weighted by atomic mass is 9.41. The number of aliphatic hydroxyl groups is 1. The van der Waals surface area contributed by atoms with E-state index in [1.807, 2.05) is 6.92 Å². The van der Waals surface area contributed by atoms with Gasteiger partial charge in [-0.3, -0.25) is 14.4 Å². The van der Waals surface area contributed by atoms with Crippen LogP contribution in [0, 0.1) is 39.9 Å². The van der Waals surface area contributed by atoms with E-state index in [4.69, 9.17) is 4.74 Å². The van der Waals surface area contributed by atoms with Crippen LogP contribution in [0.2, 0.25) is 0 Å². The second-order valence-corrected chi connectivity index (χ2v) is 12.4. The molecular weight excluding hydrogens is 404 g/mol. The molecule has 0 aliphatic heterocycles. The van der Waals surface area contributed by atoms with Crippen LogP contribution in [0.1, 0.15) is 98.3 Å². The first-order valence-electron chi connectivity index (χ1n) is 12.9. The van der Waals surface area contributed by atoms with Crippen LogP contribution in [0.15, 0.2) is 0 Å². The van der Waals surface area contributed by atoms with Crippen molar-refractivity contribution in [1.82, 2.24) is 0 Å². The Kier molecular flexibility index (Phi) is 5.03. The Labute approximate surface area is 192 Å². The molecule has 0 radical (unpaired) electrons. The lowest BCUT2D eigenvalue weighted by molar-refractivity contribution is -0.219. The monoisotopic (exact) mass is 444 g/mol.